The summed E-state index contributed by atoms with van der Waals surface area (Å²) < 4.78 is 53.2. The second-order valence-electron chi connectivity index (χ2n) is 11.4. The summed E-state index contributed by atoms with van der Waals surface area (Å²) in [5.74, 6) is -0.471. The van der Waals surface area contributed by atoms with Crippen molar-refractivity contribution in [3.8, 4) is 0 Å². The van der Waals surface area contributed by atoms with Crippen LogP contribution in [0.2, 0.25) is 0 Å². The molecule has 2 unspecified atom stereocenters. The Labute approximate surface area is 218 Å². The number of carbonyl (C=O) groups excluding carboxylic acids is 3. The zero-order valence-electron chi connectivity index (χ0n) is 22.1. The minimum Gasteiger partial charge on any atom is -0.453 e. The predicted octanol–water partition coefficient (Wildman–Crippen LogP) is 3.88. The summed E-state index contributed by atoms with van der Waals surface area (Å²) >= 11 is 0. The highest BCUT2D eigenvalue weighted by atomic mass is 19.4. The molecular weight excluding hydrogens is 507 g/mol. The molecule has 3 amide bonds. The van der Waals surface area contributed by atoms with Gasteiger partial charge in [-0.05, 0) is 69.8 Å². The molecule has 0 aromatic carbocycles. The number of hydrogen-bond acceptors (Lipinski definition) is 6. The highest BCUT2D eigenvalue weighted by Crippen LogP contribution is 2.57. The van der Waals surface area contributed by atoms with Crippen molar-refractivity contribution < 1.29 is 37.0 Å². The van der Waals surface area contributed by atoms with Crippen LogP contribution in [0.25, 0.3) is 6.20 Å². The van der Waals surface area contributed by atoms with Crippen molar-refractivity contribution in [3.05, 3.63) is 23.5 Å². The number of nitrogens with zero attached hydrogens (tertiary/aromatic N) is 3. The maximum atomic E-state index is 14.1. The Kier molecular flexibility index (Phi) is 7.17. The zero-order valence-corrected chi connectivity index (χ0v) is 22.1. The van der Waals surface area contributed by atoms with Crippen molar-refractivity contribution in [1.82, 2.24) is 25.3 Å². The summed E-state index contributed by atoms with van der Waals surface area (Å²) in [7, 11) is 4.42. The van der Waals surface area contributed by atoms with Gasteiger partial charge in [0.15, 0.2) is 5.69 Å². The van der Waals surface area contributed by atoms with Gasteiger partial charge in [0.2, 0.25) is 0 Å². The number of nitrogens with one attached hydrogen (secondary N) is 2. The van der Waals surface area contributed by atoms with E-state index in [4.69, 9.17) is 4.74 Å². The summed E-state index contributed by atoms with van der Waals surface area (Å²) in [6, 6.07) is -0.312. The number of carbonyl (C=O) groups is 3. The van der Waals surface area contributed by atoms with Crippen LogP contribution in [0.1, 0.15) is 62.0 Å². The molecule has 4 aliphatic rings. The van der Waals surface area contributed by atoms with Crippen LogP contribution < -0.4 is 10.6 Å². The Balaban J connectivity index is 1.52. The van der Waals surface area contributed by atoms with Gasteiger partial charge < -0.3 is 25.0 Å². The number of amides is 3. The van der Waals surface area contributed by atoms with E-state index < -0.39 is 46.7 Å². The molecule has 4 fully saturated rings. The van der Waals surface area contributed by atoms with Gasteiger partial charge in [-0.25, -0.2) is 14.3 Å². The summed E-state index contributed by atoms with van der Waals surface area (Å²) in [5, 5.41) is 9.14. The first-order valence-electron chi connectivity index (χ1n) is 12.5. The molecule has 13 heteroatoms. The third kappa shape index (κ3) is 5.60. The van der Waals surface area contributed by atoms with Crippen molar-refractivity contribution in [1.29, 1.82) is 0 Å². The lowest BCUT2D eigenvalue weighted by Crippen LogP contribution is -2.63. The van der Waals surface area contributed by atoms with E-state index in [1.807, 2.05) is 0 Å². The second-order valence-corrected chi connectivity index (χ2v) is 11.4. The van der Waals surface area contributed by atoms with Gasteiger partial charge >= 0.3 is 18.4 Å². The third-order valence-electron chi connectivity index (χ3n) is 7.73. The Morgan fingerprint density at radius 2 is 1.79 bits per heavy atom. The predicted molar refractivity (Wildman–Crippen MR) is 130 cm³/mol. The van der Waals surface area contributed by atoms with Gasteiger partial charge in [-0.3, -0.25) is 4.79 Å². The monoisotopic (exact) mass is 541 g/mol. The van der Waals surface area contributed by atoms with E-state index in [9.17, 15) is 27.6 Å². The summed E-state index contributed by atoms with van der Waals surface area (Å²) in [4.78, 5) is 38.4. The smallest absolute Gasteiger partial charge is 0.434 e. The fourth-order valence-corrected chi connectivity index (χ4v) is 6.35. The number of ether oxygens (including phenoxy) is 2. The molecule has 4 bridgehead atoms. The van der Waals surface area contributed by atoms with Crippen LogP contribution in [0, 0.1) is 17.8 Å². The molecule has 0 aliphatic heterocycles. The summed E-state index contributed by atoms with van der Waals surface area (Å²) in [6.45, 7) is 3.14. The number of hydrogen-bond donors (Lipinski definition) is 2. The van der Waals surface area contributed by atoms with Gasteiger partial charge in [0, 0.05) is 26.3 Å². The van der Waals surface area contributed by atoms with Crippen molar-refractivity contribution in [3.63, 3.8) is 0 Å². The molecule has 0 radical (unpaired) electrons. The lowest BCUT2D eigenvalue weighted by atomic mass is 9.52. The molecule has 0 spiro atoms. The fourth-order valence-electron chi connectivity index (χ4n) is 6.35. The Bertz CT molecular complexity index is 1110. The zero-order chi connectivity index (χ0) is 28.0. The summed E-state index contributed by atoms with van der Waals surface area (Å²) in [5.41, 5.74) is -3.42. The first kappa shape index (κ1) is 27.8. The second kappa shape index (κ2) is 9.81. The van der Waals surface area contributed by atoms with Crippen molar-refractivity contribution in [2.24, 2.45) is 17.8 Å². The summed E-state index contributed by atoms with van der Waals surface area (Å²) in [6.07, 6.45) is 0.847. The van der Waals surface area contributed by atoms with E-state index in [0.29, 0.717) is 23.4 Å². The third-order valence-corrected chi connectivity index (χ3v) is 7.73. The van der Waals surface area contributed by atoms with Gasteiger partial charge in [-0.15, -0.1) is 0 Å². The number of rotatable bonds is 6. The lowest BCUT2D eigenvalue weighted by Gasteiger charge is -2.59. The Hall–Kier alpha value is -3.25. The van der Waals surface area contributed by atoms with E-state index >= 15 is 0 Å². The number of halogens is 3. The first-order chi connectivity index (χ1) is 17.6. The molecule has 2 N–H and O–H groups in total. The molecule has 4 saturated carbocycles. The molecule has 1 heterocycles. The maximum absolute atomic E-state index is 14.1. The molecule has 210 valence electrons. The van der Waals surface area contributed by atoms with Crippen LogP contribution in [0.3, 0.4) is 0 Å². The highest BCUT2D eigenvalue weighted by Gasteiger charge is 2.58. The number of alkyl halides is 3. The molecule has 5 rings (SSSR count). The van der Waals surface area contributed by atoms with Crippen LogP contribution in [-0.2, 0) is 15.7 Å². The van der Waals surface area contributed by atoms with E-state index in [-0.39, 0.29) is 17.9 Å². The van der Waals surface area contributed by atoms with Gasteiger partial charge in [0.1, 0.15) is 5.60 Å². The van der Waals surface area contributed by atoms with Crippen LogP contribution in [-0.4, -0.2) is 71.2 Å². The standard InChI is InChI=1S/C25H34F3N5O5/c1-23(2,31-21(35)37-5)6-7-33-19(25(26,27)28)17(13-29-33)20(34)30-18-15-8-14-9-16(18)12-24(10-14,11-15)38-22(36)32(3)4/h6-7,13-16,18H,8-12H2,1-5H3,(H,30,34)(H,31,35). The van der Waals surface area contributed by atoms with Crippen molar-refractivity contribution in [2.75, 3.05) is 21.2 Å². The van der Waals surface area contributed by atoms with Crippen molar-refractivity contribution >= 4 is 24.3 Å². The number of aromatic nitrogens is 2. The molecule has 2 atom stereocenters. The van der Waals surface area contributed by atoms with Gasteiger partial charge in [0.25, 0.3) is 5.91 Å². The molecule has 1 aromatic rings. The van der Waals surface area contributed by atoms with Crippen LogP contribution >= 0.6 is 0 Å². The van der Waals surface area contributed by atoms with Gasteiger partial charge in [0.05, 0.1) is 24.4 Å². The molecule has 1 aromatic heterocycles. The lowest BCUT2D eigenvalue weighted by molar-refractivity contribution is -0.143. The van der Waals surface area contributed by atoms with Crippen LogP contribution in [0.15, 0.2) is 12.3 Å². The molecule has 4 aliphatic carbocycles. The quantitative estimate of drug-likeness (QED) is 0.565. The molecule has 10 nitrogen and oxygen atoms in total. The Morgan fingerprint density at radius 1 is 1.16 bits per heavy atom. The minimum atomic E-state index is -4.86. The topological polar surface area (TPSA) is 115 Å². The van der Waals surface area contributed by atoms with E-state index in [1.54, 1.807) is 27.9 Å². The van der Waals surface area contributed by atoms with Crippen LogP contribution in [0.5, 0.6) is 0 Å². The van der Waals surface area contributed by atoms with E-state index in [1.165, 1.54) is 18.1 Å². The molecular formula is C25H34F3N5O5. The average molecular weight is 542 g/mol. The van der Waals surface area contributed by atoms with Gasteiger partial charge in [-0.2, -0.15) is 18.3 Å². The minimum absolute atomic E-state index is 0.00892. The maximum Gasteiger partial charge on any atom is 0.434 e. The SMILES string of the molecule is COC(=O)NC(C)(C)C=Cn1ncc(C(=O)NC2C3CC4CC2CC(OC(=O)N(C)C)(C4)C3)c1C(F)(F)F. The number of methoxy groups -OCH3 is 1. The number of alkyl carbamates (subject to hydrolysis) is 1. The molecule has 0 saturated heterocycles. The van der Waals surface area contributed by atoms with E-state index in [0.717, 1.165) is 31.7 Å². The Morgan fingerprint density at radius 3 is 2.34 bits per heavy atom. The van der Waals surface area contributed by atoms with E-state index in [2.05, 4.69) is 20.5 Å². The fraction of sp³-hybridized carbons (Fsp3) is 0.680. The average Bonchev–Trinajstić information content (AvgIpc) is 3.24. The first-order valence-corrected chi connectivity index (χ1v) is 12.5. The molecule has 38 heavy (non-hydrogen) atoms. The highest BCUT2D eigenvalue weighted by molar-refractivity contribution is 5.95. The largest absolute Gasteiger partial charge is 0.453 e. The van der Waals surface area contributed by atoms with Crippen molar-refractivity contribution in [2.45, 2.75) is 69.3 Å². The normalized spacial score (nSPS) is 28.3. The van der Waals surface area contributed by atoms with Gasteiger partial charge in [-0.1, -0.05) is 0 Å². The van der Waals surface area contributed by atoms with Crippen LogP contribution in [0.4, 0.5) is 22.8 Å².